The first-order chi connectivity index (χ1) is 13.9. The first kappa shape index (κ1) is 20.3. The number of ether oxygens (including phenoxy) is 2. The largest absolute Gasteiger partial charge is 0.508 e. The molecule has 0 saturated carbocycles. The predicted molar refractivity (Wildman–Crippen MR) is 117 cm³/mol. The van der Waals surface area contributed by atoms with E-state index in [0.717, 1.165) is 39.1 Å². The van der Waals surface area contributed by atoms with E-state index in [4.69, 9.17) is 9.47 Å². The van der Waals surface area contributed by atoms with Crippen LogP contribution >= 0.6 is 0 Å². The highest BCUT2D eigenvalue weighted by molar-refractivity contribution is 5.79. The molecule has 0 aliphatic rings. The Balaban J connectivity index is 1.95. The summed E-state index contributed by atoms with van der Waals surface area (Å²) < 4.78 is 11.2. The average Bonchev–Trinajstić information content (AvgIpc) is 2.69. The van der Waals surface area contributed by atoms with Gasteiger partial charge >= 0.3 is 0 Å². The van der Waals surface area contributed by atoms with E-state index in [1.165, 1.54) is 0 Å². The van der Waals surface area contributed by atoms with E-state index in [2.05, 4.69) is 6.07 Å². The highest BCUT2D eigenvalue weighted by Crippen LogP contribution is 2.39. The molecule has 0 spiro atoms. The summed E-state index contributed by atoms with van der Waals surface area (Å²) in [5.74, 6) is 1.50. The number of phenolic OH excluding ortho intramolecular Hbond substituents is 2. The zero-order chi connectivity index (χ0) is 21.0. The van der Waals surface area contributed by atoms with Gasteiger partial charge in [0.05, 0.1) is 7.11 Å². The zero-order valence-electron chi connectivity index (χ0n) is 17.2. The fourth-order valence-corrected chi connectivity index (χ4v) is 3.14. The molecule has 0 unspecified atom stereocenters. The van der Waals surface area contributed by atoms with Crippen molar-refractivity contribution in [3.05, 3.63) is 71.8 Å². The van der Waals surface area contributed by atoms with E-state index in [-0.39, 0.29) is 11.5 Å². The van der Waals surface area contributed by atoms with Gasteiger partial charge in [-0.25, -0.2) is 0 Å². The number of hydrogen-bond acceptors (Lipinski definition) is 4. The number of phenols is 2. The van der Waals surface area contributed by atoms with Crippen LogP contribution in [0.2, 0.25) is 0 Å². The Kier molecular flexibility index (Phi) is 6.13. The van der Waals surface area contributed by atoms with Gasteiger partial charge in [-0.3, -0.25) is 0 Å². The van der Waals surface area contributed by atoms with Crippen LogP contribution in [0.1, 0.15) is 19.4 Å². The summed E-state index contributed by atoms with van der Waals surface area (Å²) in [5.41, 5.74) is 5.96. The van der Waals surface area contributed by atoms with Gasteiger partial charge in [-0.15, -0.1) is 0 Å². The minimum absolute atomic E-state index is 0.102. The molecule has 2 N–H and O–H groups in total. The number of aryl methyl sites for hydroxylation is 1. The molecule has 0 fully saturated rings. The van der Waals surface area contributed by atoms with E-state index >= 15 is 0 Å². The van der Waals surface area contributed by atoms with Crippen LogP contribution in [-0.2, 0) is 0 Å². The summed E-state index contributed by atoms with van der Waals surface area (Å²) in [5, 5.41) is 19.9. The highest BCUT2D eigenvalue weighted by Gasteiger charge is 2.13. The summed E-state index contributed by atoms with van der Waals surface area (Å²) >= 11 is 0. The fourth-order valence-electron chi connectivity index (χ4n) is 3.14. The quantitative estimate of drug-likeness (QED) is 0.500. The third-order valence-electron chi connectivity index (χ3n) is 4.73. The molecular weight excluding hydrogens is 364 g/mol. The van der Waals surface area contributed by atoms with Crippen LogP contribution in [0.25, 0.3) is 22.3 Å². The van der Waals surface area contributed by atoms with Gasteiger partial charge < -0.3 is 19.7 Å². The molecule has 0 amide bonds. The van der Waals surface area contributed by atoms with E-state index in [9.17, 15) is 10.2 Å². The average molecular weight is 390 g/mol. The molecule has 0 heterocycles. The Hall–Kier alpha value is -3.40. The minimum atomic E-state index is 0.102. The van der Waals surface area contributed by atoms with E-state index < -0.39 is 0 Å². The number of methoxy groups -OCH3 is 1. The second-order valence-electron chi connectivity index (χ2n) is 7.19. The van der Waals surface area contributed by atoms with Crippen molar-refractivity contribution in [2.75, 3.05) is 13.7 Å². The Morgan fingerprint density at radius 3 is 2.17 bits per heavy atom. The van der Waals surface area contributed by atoms with Gasteiger partial charge in [0.2, 0.25) is 0 Å². The second-order valence-corrected chi connectivity index (χ2v) is 7.19. The van der Waals surface area contributed by atoms with Gasteiger partial charge in [0.25, 0.3) is 0 Å². The van der Waals surface area contributed by atoms with Gasteiger partial charge in [-0.1, -0.05) is 23.8 Å². The summed E-state index contributed by atoms with van der Waals surface area (Å²) in [4.78, 5) is 0. The molecule has 4 nitrogen and oxygen atoms in total. The van der Waals surface area contributed by atoms with E-state index in [1.54, 1.807) is 31.4 Å². The topological polar surface area (TPSA) is 58.9 Å². The lowest BCUT2D eigenvalue weighted by Gasteiger charge is -2.15. The Morgan fingerprint density at radius 2 is 1.55 bits per heavy atom. The molecule has 0 atom stereocenters. The monoisotopic (exact) mass is 390 g/mol. The number of allylic oxidation sites excluding steroid dienone is 1. The number of hydrogen-bond donors (Lipinski definition) is 2. The highest BCUT2D eigenvalue weighted by atomic mass is 16.5. The maximum Gasteiger partial charge on any atom is 0.161 e. The second kappa shape index (κ2) is 8.74. The Labute approximate surface area is 171 Å². The maximum absolute atomic E-state index is 10.4. The number of aromatic hydroxyl groups is 2. The van der Waals surface area contributed by atoms with Crippen LogP contribution in [0.4, 0.5) is 0 Å². The SMILES string of the molecule is COc1cc(-c2ccc(OCC=C(C)C)c(O)c2)c(C)cc1-c1ccc(O)cc1. The normalized spacial score (nSPS) is 10.5. The lowest BCUT2D eigenvalue weighted by Crippen LogP contribution is -1.95. The smallest absolute Gasteiger partial charge is 0.161 e. The third kappa shape index (κ3) is 4.72. The van der Waals surface area contributed by atoms with Gasteiger partial charge in [0.1, 0.15) is 18.1 Å². The van der Waals surface area contributed by atoms with Crippen molar-refractivity contribution in [1.29, 1.82) is 0 Å². The molecule has 3 rings (SSSR count). The number of rotatable bonds is 6. The molecule has 150 valence electrons. The summed E-state index contributed by atoms with van der Waals surface area (Å²) in [6.45, 7) is 6.45. The Morgan fingerprint density at radius 1 is 0.862 bits per heavy atom. The first-order valence-corrected chi connectivity index (χ1v) is 9.46. The Bertz CT molecular complexity index is 1030. The molecule has 3 aromatic carbocycles. The van der Waals surface area contributed by atoms with Gasteiger partial charge in [-0.2, -0.15) is 0 Å². The molecule has 0 saturated heterocycles. The van der Waals surface area contributed by atoms with Crippen LogP contribution in [0.15, 0.2) is 66.2 Å². The van der Waals surface area contributed by atoms with Crippen molar-refractivity contribution in [2.45, 2.75) is 20.8 Å². The van der Waals surface area contributed by atoms with Crippen LogP contribution in [0.3, 0.4) is 0 Å². The maximum atomic E-state index is 10.4. The van der Waals surface area contributed by atoms with Gasteiger partial charge in [-0.05, 0) is 85.5 Å². The van der Waals surface area contributed by atoms with Crippen molar-refractivity contribution < 1.29 is 19.7 Å². The molecule has 0 aromatic heterocycles. The van der Waals surface area contributed by atoms with E-state index in [1.807, 2.05) is 51.1 Å². The van der Waals surface area contributed by atoms with Crippen LogP contribution in [-0.4, -0.2) is 23.9 Å². The van der Waals surface area contributed by atoms with Gasteiger partial charge in [0.15, 0.2) is 11.5 Å². The number of benzene rings is 3. The van der Waals surface area contributed by atoms with Crippen molar-refractivity contribution in [2.24, 2.45) is 0 Å². The van der Waals surface area contributed by atoms with Crippen LogP contribution in [0.5, 0.6) is 23.0 Å². The summed E-state index contributed by atoms with van der Waals surface area (Å²) in [7, 11) is 1.63. The molecule has 0 radical (unpaired) electrons. The molecule has 0 bridgehead atoms. The predicted octanol–water partition coefficient (Wildman–Crippen LogP) is 6.09. The molecule has 0 aliphatic carbocycles. The molecule has 29 heavy (non-hydrogen) atoms. The van der Waals surface area contributed by atoms with Gasteiger partial charge in [0, 0.05) is 5.56 Å². The van der Waals surface area contributed by atoms with Crippen molar-refractivity contribution >= 4 is 0 Å². The molecule has 3 aromatic rings. The van der Waals surface area contributed by atoms with Crippen molar-refractivity contribution in [3.63, 3.8) is 0 Å². The van der Waals surface area contributed by atoms with Crippen molar-refractivity contribution in [1.82, 2.24) is 0 Å². The minimum Gasteiger partial charge on any atom is -0.508 e. The molecule has 4 heteroatoms. The summed E-state index contributed by atoms with van der Waals surface area (Å²) in [6.07, 6.45) is 1.96. The van der Waals surface area contributed by atoms with Crippen molar-refractivity contribution in [3.8, 4) is 45.3 Å². The lowest BCUT2D eigenvalue weighted by atomic mass is 9.94. The van der Waals surface area contributed by atoms with Crippen LogP contribution < -0.4 is 9.47 Å². The fraction of sp³-hybridized carbons (Fsp3) is 0.200. The van der Waals surface area contributed by atoms with E-state index in [0.29, 0.717) is 12.4 Å². The lowest BCUT2D eigenvalue weighted by molar-refractivity contribution is 0.335. The molecular formula is C25H26O4. The summed E-state index contributed by atoms with van der Waals surface area (Å²) in [6, 6.07) is 16.5. The third-order valence-corrected chi connectivity index (χ3v) is 4.73. The molecule has 0 aliphatic heterocycles. The zero-order valence-corrected chi connectivity index (χ0v) is 17.2. The van der Waals surface area contributed by atoms with Crippen LogP contribution in [0, 0.1) is 6.92 Å². The standard InChI is InChI=1S/C25H26O4/c1-16(2)11-12-29-24-10-7-19(14-23(24)27)21-15-25(28-4)22(13-17(21)3)18-5-8-20(26)9-6-18/h5-11,13-15,26-27H,12H2,1-4H3. The first-order valence-electron chi connectivity index (χ1n) is 9.46.